The highest BCUT2D eigenvalue weighted by Crippen LogP contribution is 2.40. The molecule has 1 aliphatic carbocycles. The van der Waals surface area contributed by atoms with Crippen LogP contribution in [0.5, 0.6) is 0 Å². The summed E-state index contributed by atoms with van der Waals surface area (Å²) in [4.78, 5) is 34.5. The predicted octanol–water partition coefficient (Wildman–Crippen LogP) is 4.60. The van der Waals surface area contributed by atoms with Gasteiger partial charge < -0.3 is 5.32 Å². The first-order valence-corrected chi connectivity index (χ1v) is 10.7. The van der Waals surface area contributed by atoms with Gasteiger partial charge in [-0.3, -0.25) is 14.9 Å². The Morgan fingerprint density at radius 3 is 2.89 bits per heavy atom. The Morgan fingerprint density at radius 1 is 1.29 bits per heavy atom. The molecule has 1 N–H and O–H groups in total. The van der Waals surface area contributed by atoms with Crippen molar-refractivity contribution in [3.8, 4) is 0 Å². The lowest BCUT2D eigenvalue weighted by Gasteiger charge is -2.14. The van der Waals surface area contributed by atoms with E-state index in [-0.39, 0.29) is 17.3 Å². The van der Waals surface area contributed by atoms with Crippen LogP contribution in [-0.2, 0) is 17.6 Å². The van der Waals surface area contributed by atoms with Crippen LogP contribution in [0.4, 0.5) is 11.4 Å². The number of amides is 1. The number of nitrogens with one attached hydrogen (secondary N) is 1. The number of carbonyl (C=O) groups is 1. The van der Waals surface area contributed by atoms with Gasteiger partial charge in [0.1, 0.15) is 21.9 Å². The summed E-state index contributed by atoms with van der Waals surface area (Å²) < 4.78 is 0. The Morgan fingerprint density at radius 2 is 2.07 bits per heavy atom. The Hall–Kier alpha value is -2.52. The number of rotatable bonds is 5. The quantitative estimate of drug-likeness (QED) is 0.284. The van der Waals surface area contributed by atoms with Gasteiger partial charge in [-0.05, 0) is 44.2 Å². The molecule has 0 aliphatic heterocycles. The van der Waals surface area contributed by atoms with E-state index in [2.05, 4.69) is 15.3 Å². The second-order valence-electron chi connectivity index (χ2n) is 6.59. The molecule has 28 heavy (non-hydrogen) atoms. The molecule has 7 nitrogen and oxygen atoms in total. The normalized spacial score (nSPS) is 14.5. The number of nitrogens with zero attached hydrogens (tertiary/aromatic N) is 3. The second-order valence-corrected chi connectivity index (χ2v) is 9.01. The number of thioether (sulfide) groups is 1. The zero-order valence-corrected chi connectivity index (χ0v) is 16.8. The summed E-state index contributed by atoms with van der Waals surface area (Å²) in [7, 11) is 0. The number of aryl methyl sites for hydroxylation is 2. The third kappa shape index (κ3) is 3.59. The first-order chi connectivity index (χ1) is 13.5. The summed E-state index contributed by atoms with van der Waals surface area (Å²) in [5.41, 5.74) is 1.40. The number of fused-ring (bicyclic) bond motifs is 3. The summed E-state index contributed by atoms with van der Waals surface area (Å²) in [5, 5.41) is 15.2. The maximum absolute atomic E-state index is 12.7. The van der Waals surface area contributed by atoms with Gasteiger partial charge in [0.15, 0.2) is 0 Å². The number of benzene rings is 1. The molecule has 0 spiro atoms. The fraction of sp³-hybridized carbons (Fsp3) is 0.316. The third-order valence-corrected chi connectivity index (χ3v) is 7.03. The molecule has 2 aromatic heterocycles. The van der Waals surface area contributed by atoms with Crippen molar-refractivity contribution < 1.29 is 9.72 Å². The van der Waals surface area contributed by atoms with Gasteiger partial charge in [-0.25, -0.2) is 9.97 Å². The molecule has 0 saturated carbocycles. The topological polar surface area (TPSA) is 98.0 Å². The van der Waals surface area contributed by atoms with Crippen molar-refractivity contribution in [3.05, 3.63) is 51.1 Å². The number of carbonyl (C=O) groups excluding carboxylic acids is 1. The maximum atomic E-state index is 12.7. The minimum absolute atomic E-state index is 0.121. The monoisotopic (exact) mass is 414 g/mol. The smallest absolute Gasteiger partial charge is 0.292 e. The van der Waals surface area contributed by atoms with Crippen LogP contribution < -0.4 is 5.32 Å². The average Bonchev–Trinajstić information content (AvgIpc) is 3.07. The standard InChI is InChI=1S/C19H18N4O3S2/c1-11(17(24)22-13-7-3-4-8-14(13)23(25)26)27-18-16-12-6-2-5-9-15(12)28-19(16)21-10-20-18/h3-4,7-8,10-11H,2,5-6,9H2,1H3,(H,22,24)/t11-/m0/s1. The number of hydrogen-bond acceptors (Lipinski definition) is 7. The molecule has 1 aromatic carbocycles. The zero-order chi connectivity index (χ0) is 19.7. The highest BCUT2D eigenvalue weighted by molar-refractivity contribution is 8.00. The van der Waals surface area contributed by atoms with Crippen molar-refractivity contribution in [1.29, 1.82) is 0 Å². The predicted molar refractivity (Wildman–Crippen MR) is 111 cm³/mol. The van der Waals surface area contributed by atoms with E-state index in [1.165, 1.54) is 40.8 Å². The van der Waals surface area contributed by atoms with Gasteiger partial charge in [0.25, 0.3) is 5.69 Å². The van der Waals surface area contributed by atoms with Gasteiger partial charge >= 0.3 is 0 Å². The molecule has 0 bridgehead atoms. The number of hydrogen-bond donors (Lipinski definition) is 1. The molecule has 1 atom stereocenters. The second kappa shape index (κ2) is 7.84. The maximum Gasteiger partial charge on any atom is 0.292 e. The Balaban J connectivity index is 1.57. The van der Waals surface area contributed by atoms with E-state index >= 15 is 0 Å². The van der Waals surface area contributed by atoms with Gasteiger partial charge in [0.05, 0.1) is 10.2 Å². The van der Waals surface area contributed by atoms with Crippen LogP contribution in [0.2, 0.25) is 0 Å². The van der Waals surface area contributed by atoms with Crippen molar-refractivity contribution in [2.75, 3.05) is 5.32 Å². The number of anilines is 1. The van der Waals surface area contributed by atoms with Crippen LogP contribution >= 0.6 is 23.1 Å². The summed E-state index contributed by atoms with van der Waals surface area (Å²) in [6, 6.07) is 6.14. The van der Waals surface area contributed by atoms with Crippen molar-refractivity contribution in [2.24, 2.45) is 0 Å². The molecule has 0 unspecified atom stereocenters. The molecular formula is C19H18N4O3S2. The van der Waals surface area contributed by atoms with E-state index in [1.54, 1.807) is 36.7 Å². The minimum atomic E-state index is -0.501. The molecule has 0 saturated heterocycles. The van der Waals surface area contributed by atoms with Crippen LogP contribution in [0.25, 0.3) is 10.2 Å². The number of para-hydroxylation sites is 2. The molecule has 9 heteroatoms. The van der Waals surface area contributed by atoms with Gasteiger partial charge in [-0.2, -0.15) is 0 Å². The lowest BCUT2D eigenvalue weighted by molar-refractivity contribution is -0.383. The lowest BCUT2D eigenvalue weighted by atomic mass is 9.97. The van der Waals surface area contributed by atoms with Gasteiger partial charge in [-0.1, -0.05) is 23.9 Å². The Bertz CT molecular complexity index is 1070. The van der Waals surface area contributed by atoms with E-state index in [4.69, 9.17) is 0 Å². The molecule has 0 radical (unpaired) electrons. The molecule has 3 aromatic rings. The van der Waals surface area contributed by atoms with Gasteiger partial charge in [0.2, 0.25) is 5.91 Å². The van der Waals surface area contributed by atoms with Crippen LogP contribution in [0, 0.1) is 10.1 Å². The molecule has 2 heterocycles. The summed E-state index contributed by atoms with van der Waals surface area (Å²) in [6.07, 6.45) is 6.00. The first kappa shape index (κ1) is 18.8. The summed E-state index contributed by atoms with van der Waals surface area (Å²) in [5.74, 6) is -0.296. The molecule has 0 fully saturated rings. The van der Waals surface area contributed by atoms with Crippen molar-refractivity contribution >= 4 is 50.6 Å². The lowest BCUT2D eigenvalue weighted by Crippen LogP contribution is -2.23. The average molecular weight is 415 g/mol. The largest absolute Gasteiger partial charge is 0.319 e. The van der Waals surface area contributed by atoms with Crippen LogP contribution in [0.3, 0.4) is 0 Å². The fourth-order valence-electron chi connectivity index (χ4n) is 3.34. The van der Waals surface area contributed by atoms with Crippen LogP contribution in [-0.4, -0.2) is 26.0 Å². The number of aromatic nitrogens is 2. The highest BCUT2D eigenvalue weighted by Gasteiger charge is 2.24. The fourth-order valence-corrected chi connectivity index (χ4v) is 5.58. The van der Waals surface area contributed by atoms with E-state index in [0.29, 0.717) is 0 Å². The van der Waals surface area contributed by atoms with Gasteiger partial charge in [-0.15, -0.1) is 11.3 Å². The number of nitro benzene ring substituents is 1. The van der Waals surface area contributed by atoms with Crippen LogP contribution in [0.15, 0.2) is 35.6 Å². The summed E-state index contributed by atoms with van der Waals surface area (Å²) in [6.45, 7) is 1.78. The molecule has 4 rings (SSSR count). The molecular weight excluding hydrogens is 396 g/mol. The van der Waals surface area contributed by atoms with E-state index < -0.39 is 10.2 Å². The SMILES string of the molecule is C[C@H](Sc1ncnc2sc3c(c12)CCCC3)C(=O)Nc1ccccc1[N+](=O)[O-]. The summed E-state index contributed by atoms with van der Waals surface area (Å²) >= 11 is 3.08. The number of thiophene rings is 1. The molecule has 144 valence electrons. The first-order valence-electron chi connectivity index (χ1n) is 9.01. The zero-order valence-electron chi connectivity index (χ0n) is 15.2. The third-order valence-electron chi connectivity index (χ3n) is 4.73. The molecule has 1 amide bonds. The Kier molecular flexibility index (Phi) is 5.27. The van der Waals surface area contributed by atoms with E-state index in [1.807, 2.05) is 0 Å². The molecule has 1 aliphatic rings. The highest BCUT2D eigenvalue weighted by atomic mass is 32.2. The minimum Gasteiger partial charge on any atom is -0.319 e. The Labute approximate surface area is 169 Å². The van der Waals surface area contributed by atoms with Crippen molar-refractivity contribution in [1.82, 2.24) is 9.97 Å². The van der Waals surface area contributed by atoms with Crippen molar-refractivity contribution in [2.45, 2.75) is 42.9 Å². The number of nitro groups is 1. The van der Waals surface area contributed by atoms with E-state index in [0.717, 1.165) is 34.5 Å². The van der Waals surface area contributed by atoms with Crippen LogP contribution in [0.1, 0.15) is 30.2 Å². The van der Waals surface area contributed by atoms with E-state index in [9.17, 15) is 14.9 Å². The van der Waals surface area contributed by atoms with Gasteiger partial charge in [0, 0.05) is 16.3 Å². The van der Waals surface area contributed by atoms with Crippen molar-refractivity contribution in [3.63, 3.8) is 0 Å².